The first kappa shape index (κ1) is 24.7. The van der Waals surface area contributed by atoms with Crippen molar-refractivity contribution in [1.82, 2.24) is 14.7 Å². The zero-order valence-electron chi connectivity index (χ0n) is 19.9. The number of methoxy groups -OCH3 is 2. The summed E-state index contributed by atoms with van der Waals surface area (Å²) in [7, 11) is 3.07. The van der Waals surface area contributed by atoms with Gasteiger partial charge in [0.25, 0.3) is 0 Å². The van der Waals surface area contributed by atoms with Crippen LogP contribution in [0.15, 0.2) is 54.6 Å². The zero-order valence-corrected chi connectivity index (χ0v) is 19.9. The van der Waals surface area contributed by atoms with E-state index < -0.39 is 0 Å². The number of carbonyl (C=O) groups excluding carboxylic acids is 2. The molecule has 0 saturated carbocycles. The lowest BCUT2D eigenvalue weighted by Crippen LogP contribution is -2.51. The molecule has 0 aliphatic carbocycles. The average molecular weight is 454 g/mol. The maximum Gasteiger partial charge on any atom is 0.309 e. The largest absolute Gasteiger partial charge is 0.497 e. The molecule has 1 heterocycles. The van der Waals surface area contributed by atoms with E-state index in [2.05, 4.69) is 17.0 Å². The van der Waals surface area contributed by atoms with Gasteiger partial charge in [0.05, 0.1) is 26.7 Å². The first-order valence-electron chi connectivity index (χ1n) is 11.5. The second-order valence-corrected chi connectivity index (χ2v) is 8.58. The minimum atomic E-state index is -0.298. The predicted molar refractivity (Wildman–Crippen MR) is 128 cm³/mol. The molecule has 0 N–H and O–H groups in total. The van der Waals surface area contributed by atoms with E-state index in [-0.39, 0.29) is 24.3 Å². The molecule has 2 aromatic rings. The van der Waals surface area contributed by atoms with Crippen LogP contribution < -0.4 is 4.74 Å². The van der Waals surface area contributed by atoms with Crippen LogP contribution >= 0.6 is 0 Å². The van der Waals surface area contributed by atoms with Crippen LogP contribution in [0.2, 0.25) is 0 Å². The lowest BCUT2D eigenvalue weighted by molar-refractivity contribution is -0.146. The fraction of sp³-hybridized carbons (Fsp3) is 0.462. The maximum absolute atomic E-state index is 13.1. The Balaban J connectivity index is 1.53. The van der Waals surface area contributed by atoms with Crippen molar-refractivity contribution in [2.24, 2.45) is 5.92 Å². The number of hydrogen-bond donors (Lipinski definition) is 0. The molecule has 33 heavy (non-hydrogen) atoms. The molecule has 178 valence electrons. The molecule has 3 rings (SSSR count). The summed E-state index contributed by atoms with van der Waals surface area (Å²) in [5.74, 6) is 0.406. The Kier molecular flexibility index (Phi) is 9.27. The zero-order chi connectivity index (χ0) is 23.6. The van der Waals surface area contributed by atoms with Crippen LogP contribution in [0.25, 0.3) is 0 Å². The second-order valence-electron chi connectivity index (χ2n) is 8.58. The van der Waals surface area contributed by atoms with Crippen LogP contribution in [0, 0.1) is 5.92 Å². The molecule has 7 heteroatoms. The lowest BCUT2D eigenvalue weighted by Gasteiger charge is -2.36. The SMILES string of the molecule is COC(=O)C(C)CN(CC(=O)N1CCN(Cc2ccc(OC)cc2)CC1)Cc1ccccc1. The first-order chi connectivity index (χ1) is 16.0. The highest BCUT2D eigenvalue weighted by Crippen LogP contribution is 2.15. The van der Waals surface area contributed by atoms with Crippen molar-refractivity contribution in [1.29, 1.82) is 0 Å². The molecular weight excluding hydrogens is 418 g/mol. The van der Waals surface area contributed by atoms with Crippen LogP contribution in [0.5, 0.6) is 5.75 Å². The highest BCUT2D eigenvalue weighted by molar-refractivity contribution is 5.78. The molecule has 1 aliphatic heterocycles. The highest BCUT2D eigenvalue weighted by Gasteiger charge is 2.25. The van der Waals surface area contributed by atoms with Crippen molar-refractivity contribution in [3.63, 3.8) is 0 Å². The van der Waals surface area contributed by atoms with Gasteiger partial charge in [0.15, 0.2) is 0 Å². The van der Waals surface area contributed by atoms with Crippen molar-refractivity contribution in [2.45, 2.75) is 20.0 Å². The molecule has 7 nitrogen and oxygen atoms in total. The van der Waals surface area contributed by atoms with Gasteiger partial charge in [-0.15, -0.1) is 0 Å². The van der Waals surface area contributed by atoms with E-state index in [1.807, 2.05) is 59.2 Å². The Bertz CT molecular complexity index is 880. The molecule has 0 bridgehead atoms. The molecule has 1 amide bonds. The Labute approximate surface area is 196 Å². The normalized spacial score (nSPS) is 15.3. The number of rotatable bonds is 10. The van der Waals surface area contributed by atoms with Gasteiger partial charge in [-0.2, -0.15) is 0 Å². The predicted octanol–water partition coefficient (Wildman–Crippen LogP) is 2.65. The number of amides is 1. The summed E-state index contributed by atoms with van der Waals surface area (Å²) in [4.78, 5) is 31.4. The number of nitrogens with zero attached hydrogens (tertiary/aromatic N) is 3. The number of ether oxygens (including phenoxy) is 2. The van der Waals surface area contributed by atoms with Gasteiger partial charge in [-0.25, -0.2) is 0 Å². The number of carbonyl (C=O) groups is 2. The van der Waals surface area contributed by atoms with E-state index in [0.29, 0.717) is 26.2 Å². The minimum Gasteiger partial charge on any atom is -0.497 e. The van der Waals surface area contributed by atoms with Crippen LogP contribution in [0.4, 0.5) is 0 Å². The summed E-state index contributed by atoms with van der Waals surface area (Å²) < 4.78 is 10.1. The van der Waals surface area contributed by atoms with Crippen molar-refractivity contribution in [2.75, 3.05) is 53.5 Å². The number of piperazine rings is 1. The van der Waals surface area contributed by atoms with Gasteiger partial charge in [0, 0.05) is 45.8 Å². The topological polar surface area (TPSA) is 62.3 Å². The molecular formula is C26H35N3O4. The molecule has 0 spiro atoms. The van der Waals surface area contributed by atoms with E-state index >= 15 is 0 Å². The minimum absolute atomic E-state index is 0.104. The molecule has 1 atom stereocenters. The van der Waals surface area contributed by atoms with E-state index in [9.17, 15) is 9.59 Å². The second kappa shape index (κ2) is 12.4. The van der Waals surface area contributed by atoms with E-state index in [4.69, 9.17) is 9.47 Å². The molecule has 0 aromatic heterocycles. The number of esters is 1. The molecule has 1 unspecified atom stereocenters. The first-order valence-corrected chi connectivity index (χ1v) is 11.5. The molecule has 1 aliphatic rings. The van der Waals surface area contributed by atoms with Crippen LogP contribution in [-0.2, 0) is 27.4 Å². The summed E-state index contributed by atoms with van der Waals surface area (Å²) in [6.07, 6.45) is 0. The Morgan fingerprint density at radius 3 is 2.21 bits per heavy atom. The quantitative estimate of drug-likeness (QED) is 0.516. The molecule has 1 fully saturated rings. The summed E-state index contributed by atoms with van der Waals surface area (Å²) in [6, 6.07) is 18.2. The van der Waals surface area contributed by atoms with Crippen molar-refractivity contribution < 1.29 is 19.1 Å². The summed E-state index contributed by atoms with van der Waals surface area (Å²) in [5, 5.41) is 0. The van der Waals surface area contributed by atoms with E-state index in [0.717, 1.165) is 30.9 Å². The van der Waals surface area contributed by atoms with Crippen LogP contribution in [0.3, 0.4) is 0 Å². The Morgan fingerprint density at radius 2 is 1.61 bits per heavy atom. The van der Waals surface area contributed by atoms with Gasteiger partial charge in [0.2, 0.25) is 5.91 Å². The van der Waals surface area contributed by atoms with Gasteiger partial charge in [-0.3, -0.25) is 19.4 Å². The fourth-order valence-corrected chi connectivity index (χ4v) is 4.13. The third kappa shape index (κ3) is 7.58. The smallest absolute Gasteiger partial charge is 0.309 e. The van der Waals surface area contributed by atoms with Gasteiger partial charge in [-0.05, 0) is 23.3 Å². The van der Waals surface area contributed by atoms with Crippen LogP contribution in [0.1, 0.15) is 18.1 Å². The third-order valence-corrected chi connectivity index (χ3v) is 6.03. The number of benzene rings is 2. The third-order valence-electron chi connectivity index (χ3n) is 6.03. The molecule has 0 radical (unpaired) electrons. The highest BCUT2D eigenvalue weighted by atomic mass is 16.5. The van der Waals surface area contributed by atoms with Crippen molar-refractivity contribution >= 4 is 11.9 Å². The summed E-state index contributed by atoms with van der Waals surface area (Å²) in [5.41, 5.74) is 2.35. The lowest BCUT2D eigenvalue weighted by atomic mass is 10.1. The monoisotopic (exact) mass is 453 g/mol. The van der Waals surface area contributed by atoms with E-state index in [1.165, 1.54) is 12.7 Å². The van der Waals surface area contributed by atoms with Crippen LogP contribution in [-0.4, -0.2) is 80.1 Å². The number of hydrogen-bond acceptors (Lipinski definition) is 6. The van der Waals surface area contributed by atoms with Gasteiger partial charge in [0.1, 0.15) is 5.75 Å². The Morgan fingerprint density at radius 1 is 0.939 bits per heavy atom. The standard InChI is InChI=1S/C26H35N3O4/c1-21(26(31)33-3)17-28(19-22-7-5-4-6-8-22)20-25(30)29-15-13-27(14-16-29)18-23-9-11-24(32-2)12-10-23/h4-12,21H,13-20H2,1-3H3. The van der Waals surface area contributed by atoms with Crippen molar-refractivity contribution in [3.8, 4) is 5.75 Å². The average Bonchev–Trinajstić information content (AvgIpc) is 2.85. The maximum atomic E-state index is 13.1. The summed E-state index contributed by atoms with van der Waals surface area (Å²) >= 11 is 0. The molecule has 2 aromatic carbocycles. The fourth-order valence-electron chi connectivity index (χ4n) is 4.13. The van der Waals surface area contributed by atoms with Crippen molar-refractivity contribution in [3.05, 3.63) is 65.7 Å². The molecule has 1 saturated heterocycles. The Hall–Kier alpha value is -2.90. The van der Waals surface area contributed by atoms with Gasteiger partial charge < -0.3 is 14.4 Å². The van der Waals surface area contributed by atoms with Gasteiger partial charge in [-0.1, -0.05) is 49.4 Å². The summed E-state index contributed by atoms with van der Waals surface area (Å²) in [6.45, 7) is 7.19. The van der Waals surface area contributed by atoms with Gasteiger partial charge >= 0.3 is 5.97 Å². The van der Waals surface area contributed by atoms with E-state index in [1.54, 1.807) is 7.11 Å².